The van der Waals surface area contributed by atoms with E-state index < -0.39 is 0 Å². The van der Waals surface area contributed by atoms with Gasteiger partial charge in [-0.15, -0.1) is 0 Å². The Morgan fingerprint density at radius 1 is 0.800 bits per heavy atom. The van der Waals surface area contributed by atoms with Gasteiger partial charge in [-0.05, 0) is 20.8 Å². The largest absolute Gasteiger partial charge is 0.231 e. The van der Waals surface area contributed by atoms with E-state index in [1.54, 1.807) is 0 Å². The van der Waals surface area contributed by atoms with E-state index >= 15 is 0 Å². The summed E-state index contributed by atoms with van der Waals surface area (Å²) < 4.78 is 0. The normalized spacial score (nSPS) is 6.87. The van der Waals surface area contributed by atoms with Gasteiger partial charge in [0.25, 0.3) is 0 Å². The molecule has 0 aromatic heterocycles. The highest BCUT2D eigenvalue weighted by Gasteiger charge is 1.87. The van der Waals surface area contributed by atoms with Crippen LogP contribution in [0, 0.1) is 31.6 Å². The lowest BCUT2D eigenvalue weighted by Crippen LogP contribution is -1.78. The van der Waals surface area contributed by atoms with Gasteiger partial charge in [0.05, 0.1) is 0 Å². The number of carbonyl (C=O) groups excluding carboxylic acids is 2. The summed E-state index contributed by atoms with van der Waals surface area (Å²) in [7, 11) is 0. The summed E-state index contributed by atoms with van der Waals surface area (Å²) in [5, 5.41) is 10.8. The molecule has 0 radical (unpaired) electrons. The summed E-state index contributed by atoms with van der Waals surface area (Å²) in [5.74, 6) is 0. The first-order chi connectivity index (χ1) is 7.01. The molecule has 0 aliphatic carbocycles. The summed E-state index contributed by atoms with van der Waals surface area (Å²) >= 11 is 0. The van der Waals surface area contributed by atoms with Gasteiger partial charge < -0.3 is 0 Å². The first-order valence-electron chi connectivity index (χ1n) is 4.14. The molecule has 1 aromatic rings. The van der Waals surface area contributed by atoms with Crippen LogP contribution in [0.5, 0.6) is 0 Å². The maximum Gasteiger partial charge on any atom is 0.231 e. The van der Waals surface area contributed by atoms with Gasteiger partial charge in [0.1, 0.15) is 0 Å². The molecule has 0 unspecified atom stereocenters. The zero-order valence-corrected chi connectivity index (χ0v) is 9.05. The highest BCUT2D eigenvalue weighted by molar-refractivity contribution is 5.27. The average Bonchev–Trinajstić information content (AvgIpc) is 2.03. The van der Waals surface area contributed by atoms with Gasteiger partial charge in [-0.1, -0.05) is 34.9 Å². The van der Waals surface area contributed by atoms with E-state index in [-0.39, 0.29) is 0 Å². The van der Waals surface area contributed by atoms with E-state index in [1.165, 1.54) is 16.7 Å². The van der Waals surface area contributed by atoms with Gasteiger partial charge >= 0.3 is 0 Å². The van der Waals surface area contributed by atoms with Crippen LogP contribution in [0.25, 0.3) is 0 Å². The van der Waals surface area contributed by atoms with Crippen molar-refractivity contribution in [3.05, 3.63) is 34.9 Å². The van der Waals surface area contributed by atoms with Crippen LogP contribution in [0.1, 0.15) is 16.7 Å². The molecule has 0 spiro atoms. The zero-order chi connectivity index (χ0) is 12.3. The van der Waals surface area contributed by atoms with Crippen LogP contribution in [-0.4, -0.2) is 12.2 Å². The molecule has 0 aliphatic heterocycles. The maximum atomic E-state index is 8.35. The molecular formula is C11H14N2O2. The fraction of sp³-hybridized carbons (Fsp3) is 0.273. The predicted molar refractivity (Wildman–Crippen MR) is 57.5 cm³/mol. The number of aryl methyl sites for hydroxylation is 3. The van der Waals surface area contributed by atoms with Crippen LogP contribution in [0.3, 0.4) is 0 Å². The molecule has 0 saturated heterocycles. The minimum atomic E-state index is 0.750. The van der Waals surface area contributed by atoms with E-state index in [2.05, 4.69) is 39.0 Å². The van der Waals surface area contributed by atoms with Crippen molar-refractivity contribution in [3.8, 4) is 0 Å². The lowest BCUT2D eigenvalue weighted by atomic mass is 10.1. The van der Waals surface area contributed by atoms with Crippen LogP contribution >= 0.6 is 0 Å². The molecule has 4 heteroatoms. The molecule has 0 aliphatic rings. The SMILES string of the molecule is Cc1cc(C)cc(C)c1.N=C=O.N=C=O. The molecule has 15 heavy (non-hydrogen) atoms. The van der Waals surface area contributed by atoms with E-state index in [1.807, 2.05) is 0 Å². The number of hydrogen-bond donors (Lipinski definition) is 2. The van der Waals surface area contributed by atoms with Crippen molar-refractivity contribution in [2.75, 3.05) is 0 Å². The number of benzene rings is 1. The number of isocyanates is 2. The molecule has 0 saturated carbocycles. The van der Waals surface area contributed by atoms with E-state index in [4.69, 9.17) is 20.4 Å². The van der Waals surface area contributed by atoms with Gasteiger partial charge in [-0.25, -0.2) is 20.4 Å². The molecule has 0 bridgehead atoms. The molecule has 0 amide bonds. The summed E-state index contributed by atoms with van der Waals surface area (Å²) in [6, 6.07) is 6.56. The van der Waals surface area contributed by atoms with Crippen molar-refractivity contribution >= 4 is 12.2 Å². The molecule has 80 valence electrons. The van der Waals surface area contributed by atoms with Crippen LogP contribution in [-0.2, 0) is 9.59 Å². The zero-order valence-electron chi connectivity index (χ0n) is 9.05. The van der Waals surface area contributed by atoms with Crippen LogP contribution < -0.4 is 0 Å². The van der Waals surface area contributed by atoms with Crippen molar-refractivity contribution in [1.29, 1.82) is 10.8 Å². The highest BCUT2D eigenvalue weighted by atomic mass is 16.1. The Labute approximate surface area is 89.0 Å². The first kappa shape index (κ1) is 15.5. The monoisotopic (exact) mass is 206 g/mol. The number of rotatable bonds is 0. The van der Waals surface area contributed by atoms with Crippen molar-refractivity contribution < 1.29 is 9.59 Å². The Morgan fingerprint density at radius 2 is 0.933 bits per heavy atom. The second-order valence-corrected chi connectivity index (χ2v) is 2.87. The molecule has 0 atom stereocenters. The fourth-order valence-electron chi connectivity index (χ4n) is 1.20. The Morgan fingerprint density at radius 3 is 1.07 bits per heavy atom. The van der Waals surface area contributed by atoms with Gasteiger partial charge in [0, 0.05) is 0 Å². The van der Waals surface area contributed by atoms with Gasteiger partial charge in [0.15, 0.2) is 0 Å². The van der Waals surface area contributed by atoms with E-state index in [0.29, 0.717) is 0 Å². The third kappa shape index (κ3) is 12.0. The minimum Gasteiger partial charge on any atom is -0.222 e. The predicted octanol–water partition coefficient (Wildman–Crippen LogP) is 2.41. The Hall–Kier alpha value is -2.02. The second-order valence-electron chi connectivity index (χ2n) is 2.87. The fourth-order valence-corrected chi connectivity index (χ4v) is 1.20. The second kappa shape index (κ2) is 10.1. The minimum absolute atomic E-state index is 0.750. The van der Waals surface area contributed by atoms with Crippen LogP contribution in [0.2, 0.25) is 0 Å². The van der Waals surface area contributed by atoms with Gasteiger partial charge in [-0.2, -0.15) is 0 Å². The van der Waals surface area contributed by atoms with Crippen LogP contribution in [0.4, 0.5) is 0 Å². The third-order valence-corrected chi connectivity index (χ3v) is 1.37. The van der Waals surface area contributed by atoms with Gasteiger partial charge in [-0.3, -0.25) is 0 Å². The van der Waals surface area contributed by atoms with E-state index in [0.717, 1.165) is 12.2 Å². The summed E-state index contributed by atoms with van der Waals surface area (Å²) in [4.78, 5) is 16.7. The van der Waals surface area contributed by atoms with Crippen LogP contribution in [0.15, 0.2) is 18.2 Å². The van der Waals surface area contributed by atoms with Crippen molar-refractivity contribution in [2.45, 2.75) is 20.8 Å². The Bertz CT molecular complexity index is 298. The lowest BCUT2D eigenvalue weighted by Gasteiger charge is -1.96. The Balaban J connectivity index is 0. The molecule has 1 aromatic carbocycles. The summed E-state index contributed by atoms with van der Waals surface area (Å²) in [6.07, 6.45) is 1.50. The highest BCUT2D eigenvalue weighted by Crippen LogP contribution is 2.06. The number of hydrogen-bond acceptors (Lipinski definition) is 4. The van der Waals surface area contributed by atoms with Crippen molar-refractivity contribution in [3.63, 3.8) is 0 Å². The van der Waals surface area contributed by atoms with E-state index in [9.17, 15) is 0 Å². The van der Waals surface area contributed by atoms with Crippen molar-refractivity contribution in [1.82, 2.24) is 0 Å². The average molecular weight is 206 g/mol. The standard InChI is InChI=1S/C9H12.2CHNO/c1-7-4-8(2)6-9(3)5-7;2*2-1-3/h4-6H,1-3H3;2*2H. The molecule has 4 nitrogen and oxygen atoms in total. The molecule has 1 rings (SSSR count). The quantitative estimate of drug-likeness (QED) is 0.504. The Kier molecular flexibility index (Phi) is 10.4. The summed E-state index contributed by atoms with van der Waals surface area (Å²) in [5.41, 5.74) is 4.06. The molecule has 2 N–H and O–H groups in total. The van der Waals surface area contributed by atoms with Gasteiger partial charge in [0.2, 0.25) is 12.2 Å². The molecular weight excluding hydrogens is 192 g/mol. The smallest absolute Gasteiger partial charge is 0.222 e. The lowest BCUT2D eigenvalue weighted by molar-refractivity contribution is 0.562. The molecule has 0 heterocycles. The maximum absolute atomic E-state index is 8.35. The molecule has 0 fully saturated rings. The van der Waals surface area contributed by atoms with Crippen molar-refractivity contribution in [2.24, 2.45) is 0 Å². The third-order valence-electron chi connectivity index (χ3n) is 1.37. The topological polar surface area (TPSA) is 81.8 Å². The first-order valence-corrected chi connectivity index (χ1v) is 4.14. The summed E-state index contributed by atoms with van der Waals surface area (Å²) in [6.45, 7) is 6.38. The number of nitrogens with one attached hydrogen (secondary N) is 2.